The Hall–Kier alpha value is -0.0800. The van der Waals surface area contributed by atoms with Crippen LogP contribution in [-0.4, -0.2) is 24.1 Å². The van der Waals surface area contributed by atoms with Crippen LogP contribution in [0.2, 0.25) is 0 Å². The summed E-state index contributed by atoms with van der Waals surface area (Å²) >= 11 is 0. The predicted molar refractivity (Wildman–Crippen MR) is 62.1 cm³/mol. The molecule has 1 fully saturated rings. The van der Waals surface area contributed by atoms with Gasteiger partial charge in [0.2, 0.25) is 0 Å². The summed E-state index contributed by atoms with van der Waals surface area (Å²) in [5.41, 5.74) is 3.76. The summed E-state index contributed by atoms with van der Waals surface area (Å²) in [5, 5.41) is 2.24. The highest BCUT2D eigenvalue weighted by Crippen LogP contribution is 2.23. The second-order valence-corrected chi connectivity index (χ2v) is 5.60. The van der Waals surface area contributed by atoms with Crippen LogP contribution < -0.4 is 5.43 Å². The number of nitrogens with zero attached hydrogens (tertiary/aromatic N) is 1. The average Bonchev–Trinajstić information content (AvgIpc) is 2.14. The molecule has 0 aromatic heterocycles. The molecular formula is C12H26N2. The lowest BCUT2D eigenvalue weighted by atomic mass is 9.89. The van der Waals surface area contributed by atoms with Crippen LogP contribution in [0.25, 0.3) is 0 Å². The van der Waals surface area contributed by atoms with Gasteiger partial charge in [-0.25, -0.2) is 5.01 Å². The second kappa shape index (κ2) is 5.13. The molecule has 0 saturated heterocycles. The zero-order valence-electron chi connectivity index (χ0n) is 10.3. The van der Waals surface area contributed by atoms with E-state index in [4.69, 9.17) is 0 Å². The summed E-state index contributed by atoms with van der Waals surface area (Å²) in [5.74, 6) is 0.911. The predicted octanol–water partition coefficient (Wildman–Crippen LogP) is 2.80. The first kappa shape index (κ1) is 12.0. The molecule has 0 unspecified atom stereocenters. The molecule has 84 valence electrons. The van der Waals surface area contributed by atoms with Crippen molar-refractivity contribution in [1.82, 2.24) is 10.4 Å². The smallest absolute Gasteiger partial charge is 0.0266 e. The first-order valence-corrected chi connectivity index (χ1v) is 5.97. The van der Waals surface area contributed by atoms with Crippen molar-refractivity contribution < 1.29 is 0 Å². The quantitative estimate of drug-likeness (QED) is 0.702. The molecule has 1 saturated carbocycles. The molecule has 0 radical (unpaired) electrons. The van der Waals surface area contributed by atoms with Crippen molar-refractivity contribution in [2.24, 2.45) is 5.92 Å². The molecular weight excluding hydrogens is 172 g/mol. The highest BCUT2D eigenvalue weighted by Gasteiger charge is 2.19. The van der Waals surface area contributed by atoms with Crippen molar-refractivity contribution in [2.45, 2.75) is 58.4 Å². The van der Waals surface area contributed by atoms with Crippen molar-refractivity contribution in [3.8, 4) is 0 Å². The van der Waals surface area contributed by atoms with E-state index >= 15 is 0 Å². The summed E-state index contributed by atoms with van der Waals surface area (Å²) in [6.45, 7) is 7.87. The Morgan fingerprint density at radius 1 is 1.14 bits per heavy atom. The Bertz CT molecular complexity index is 154. The summed E-state index contributed by atoms with van der Waals surface area (Å²) in [7, 11) is 2.14. The van der Waals surface area contributed by atoms with Crippen LogP contribution in [0.1, 0.15) is 52.9 Å². The Kier molecular flexibility index (Phi) is 4.39. The van der Waals surface area contributed by atoms with Crippen LogP contribution in [0.4, 0.5) is 0 Å². The van der Waals surface area contributed by atoms with Gasteiger partial charge in [-0.05, 0) is 39.5 Å². The SMILES string of the molecule is CN(NCC1CCCCC1)C(C)(C)C. The van der Waals surface area contributed by atoms with Crippen LogP contribution in [0, 0.1) is 5.92 Å². The summed E-state index contributed by atoms with van der Waals surface area (Å²) in [4.78, 5) is 0. The van der Waals surface area contributed by atoms with Gasteiger partial charge in [-0.2, -0.15) is 0 Å². The molecule has 0 atom stereocenters. The molecule has 1 aliphatic carbocycles. The fourth-order valence-electron chi connectivity index (χ4n) is 1.89. The lowest BCUT2D eigenvalue weighted by Crippen LogP contribution is -2.49. The maximum absolute atomic E-state index is 3.53. The molecule has 0 aliphatic heterocycles. The Balaban J connectivity index is 2.19. The monoisotopic (exact) mass is 198 g/mol. The van der Waals surface area contributed by atoms with Crippen molar-refractivity contribution in [1.29, 1.82) is 0 Å². The molecule has 0 amide bonds. The van der Waals surface area contributed by atoms with Crippen LogP contribution in [0.5, 0.6) is 0 Å². The number of hydrogen-bond donors (Lipinski definition) is 1. The molecule has 0 heterocycles. The fraction of sp³-hybridized carbons (Fsp3) is 1.00. The van der Waals surface area contributed by atoms with E-state index in [2.05, 4.69) is 38.3 Å². The third-order valence-electron chi connectivity index (χ3n) is 3.35. The highest BCUT2D eigenvalue weighted by molar-refractivity contribution is 4.72. The Labute approximate surface area is 89.0 Å². The van der Waals surface area contributed by atoms with Gasteiger partial charge in [0.1, 0.15) is 0 Å². The summed E-state index contributed by atoms with van der Waals surface area (Å²) in [6, 6.07) is 0. The number of hydrogen-bond acceptors (Lipinski definition) is 2. The van der Waals surface area contributed by atoms with Gasteiger partial charge < -0.3 is 0 Å². The largest absolute Gasteiger partial charge is 0.255 e. The van der Waals surface area contributed by atoms with Gasteiger partial charge in [0, 0.05) is 19.1 Å². The number of hydrazine groups is 1. The van der Waals surface area contributed by atoms with E-state index < -0.39 is 0 Å². The molecule has 2 nitrogen and oxygen atoms in total. The number of nitrogens with one attached hydrogen (secondary N) is 1. The van der Waals surface area contributed by atoms with Crippen molar-refractivity contribution in [2.75, 3.05) is 13.6 Å². The third kappa shape index (κ3) is 3.97. The van der Waals surface area contributed by atoms with E-state index in [1.165, 1.54) is 32.1 Å². The zero-order chi connectivity index (χ0) is 10.6. The van der Waals surface area contributed by atoms with Crippen molar-refractivity contribution >= 4 is 0 Å². The van der Waals surface area contributed by atoms with E-state index in [1.54, 1.807) is 0 Å². The standard InChI is InChI=1S/C12H26N2/c1-12(2,3)14(4)13-10-11-8-6-5-7-9-11/h11,13H,5-10H2,1-4H3. The van der Waals surface area contributed by atoms with E-state index in [1.807, 2.05) is 0 Å². The first-order chi connectivity index (χ1) is 6.50. The molecule has 2 heteroatoms. The Morgan fingerprint density at radius 3 is 2.21 bits per heavy atom. The van der Waals surface area contributed by atoms with Gasteiger partial charge in [-0.15, -0.1) is 0 Å². The molecule has 0 aromatic rings. The maximum Gasteiger partial charge on any atom is 0.0266 e. The van der Waals surface area contributed by atoms with Gasteiger partial charge in [-0.3, -0.25) is 5.43 Å². The highest BCUT2D eigenvalue weighted by atomic mass is 15.5. The third-order valence-corrected chi connectivity index (χ3v) is 3.35. The van der Waals surface area contributed by atoms with Gasteiger partial charge in [0.15, 0.2) is 0 Å². The van der Waals surface area contributed by atoms with E-state index in [0.29, 0.717) is 0 Å². The van der Waals surface area contributed by atoms with Gasteiger partial charge in [-0.1, -0.05) is 19.3 Å². The van der Waals surface area contributed by atoms with E-state index in [0.717, 1.165) is 12.5 Å². The molecule has 0 aromatic carbocycles. The molecule has 1 N–H and O–H groups in total. The summed E-state index contributed by atoms with van der Waals surface area (Å²) < 4.78 is 0. The van der Waals surface area contributed by atoms with Crippen molar-refractivity contribution in [3.05, 3.63) is 0 Å². The molecule has 14 heavy (non-hydrogen) atoms. The second-order valence-electron chi connectivity index (χ2n) is 5.60. The maximum atomic E-state index is 3.53. The minimum absolute atomic E-state index is 0.231. The normalized spacial score (nSPS) is 20.4. The lowest BCUT2D eigenvalue weighted by Gasteiger charge is -2.34. The van der Waals surface area contributed by atoms with Crippen LogP contribution in [-0.2, 0) is 0 Å². The minimum atomic E-state index is 0.231. The molecule has 0 spiro atoms. The van der Waals surface area contributed by atoms with E-state index in [-0.39, 0.29) is 5.54 Å². The molecule has 0 bridgehead atoms. The van der Waals surface area contributed by atoms with E-state index in [9.17, 15) is 0 Å². The first-order valence-electron chi connectivity index (χ1n) is 5.97. The molecule has 1 aliphatic rings. The fourth-order valence-corrected chi connectivity index (χ4v) is 1.89. The minimum Gasteiger partial charge on any atom is -0.255 e. The summed E-state index contributed by atoms with van der Waals surface area (Å²) in [6.07, 6.45) is 7.17. The zero-order valence-corrected chi connectivity index (χ0v) is 10.3. The van der Waals surface area contributed by atoms with Crippen LogP contribution >= 0.6 is 0 Å². The average molecular weight is 198 g/mol. The Morgan fingerprint density at radius 2 is 1.71 bits per heavy atom. The van der Waals surface area contributed by atoms with Gasteiger partial charge >= 0.3 is 0 Å². The van der Waals surface area contributed by atoms with Gasteiger partial charge in [0.25, 0.3) is 0 Å². The molecule has 1 rings (SSSR count). The van der Waals surface area contributed by atoms with Crippen LogP contribution in [0.15, 0.2) is 0 Å². The topological polar surface area (TPSA) is 15.3 Å². The van der Waals surface area contributed by atoms with Gasteiger partial charge in [0.05, 0.1) is 0 Å². The lowest BCUT2D eigenvalue weighted by molar-refractivity contribution is 0.0946. The van der Waals surface area contributed by atoms with Crippen LogP contribution in [0.3, 0.4) is 0 Å². The van der Waals surface area contributed by atoms with Crippen molar-refractivity contribution in [3.63, 3.8) is 0 Å². The number of rotatable bonds is 3.